The van der Waals surface area contributed by atoms with Crippen LogP contribution in [-0.4, -0.2) is 28.2 Å². The van der Waals surface area contributed by atoms with E-state index in [0.29, 0.717) is 12.0 Å². The van der Waals surface area contributed by atoms with E-state index in [9.17, 15) is 20.0 Å². The molecule has 0 saturated carbocycles. The first kappa shape index (κ1) is 16.4. The van der Waals surface area contributed by atoms with Gasteiger partial charge in [-0.25, -0.2) is 4.79 Å². The highest BCUT2D eigenvalue weighted by Gasteiger charge is 2.51. The van der Waals surface area contributed by atoms with Gasteiger partial charge in [-0.3, -0.25) is 10.1 Å². The number of aliphatic hydroxyl groups is 1. The summed E-state index contributed by atoms with van der Waals surface area (Å²) >= 11 is 0. The molecule has 0 aliphatic carbocycles. The minimum Gasteiger partial charge on any atom is -0.463 e. The summed E-state index contributed by atoms with van der Waals surface area (Å²) in [5.74, 6) is -0.987. The molecule has 6 heteroatoms. The fraction of sp³-hybridized carbons (Fsp3) is 0.562. The van der Waals surface area contributed by atoms with Crippen molar-refractivity contribution in [3.8, 4) is 0 Å². The van der Waals surface area contributed by atoms with Crippen molar-refractivity contribution in [3.05, 3.63) is 39.9 Å². The smallest absolute Gasteiger partial charge is 0.338 e. The van der Waals surface area contributed by atoms with Crippen molar-refractivity contribution >= 4 is 11.7 Å². The van der Waals surface area contributed by atoms with E-state index in [0.717, 1.165) is 19.3 Å². The molecule has 2 rings (SSSR count). The number of ether oxygens (including phenoxy) is 1. The Balaban J connectivity index is 2.21. The summed E-state index contributed by atoms with van der Waals surface area (Å²) in [6, 6.07) is 6.19. The minimum absolute atomic E-state index is 0.0806. The molecule has 6 nitrogen and oxygen atoms in total. The largest absolute Gasteiger partial charge is 0.463 e. The zero-order valence-corrected chi connectivity index (χ0v) is 12.7. The van der Waals surface area contributed by atoms with Crippen molar-refractivity contribution in [1.29, 1.82) is 0 Å². The molecule has 1 fully saturated rings. The number of carbonyl (C=O) groups excluding carboxylic acids is 1. The van der Waals surface area contributed by atoms with Gasteiger partial charge in [0.15, 0.2) is 5.60 Å². The molecular formula is C16H21NO5. The van der Waals surface area contributed by atoms with E-state index in [-0.39, 0.29) is 24.6 Å². The number of hydrogen-bond acceptors (Lipinski definition) is 5. The highest BCUT2D eigenvalue weighted by atomic mass is 16.6. The first-order valence-corrected chi connectivity index (χ1v) is 7.61. The molecule has 1 saturated heterocycles. The van der Waals surface area contributed by atoms with E-state index in [2.05, 4.69) is 6.92 Å². The maximum atomic E-state index is 12.0. The molecule has 1 aromatic carbocycles. The second kappa shape index (κ2) is 6.87. The van der Waals surface area contributed by atoms with E-state index in [1.807, 2.05) is 0 Å². The highest BCUT2D eigenvalue weighted by Crippen LogP contribution is 2.36. The van der Waals surface area contributed by atoms with Gasteiger partial charge in [0, 0.05) is 24.0 Å². The third-order valence-corrected chi connectivity index (χ3v) is 4.25. The van der Waals surface area contributed by atoms with Crippen LogP contribution in [0.4, 0.5) is 5.69 Å². The quantitative estimate of drug-likeness (QED) is 0.362. The van der Waals surface area contributed by atoms with Gasteiger partial charge in [0.25, 0.3) is 5.69 Å². The minimum atomic E-state index is -1.67. The number of rotatable bonds is 7. The number of nitro groups is 1. The highest BCUT2D eigenvalue weighted by molar-refractivity contribution is 5.82. The van der Waals surface area contributed by atoms with Gasteiger partial charge in [-0.1, -0.05) is 44.4 Å². The first-order chi connectivity index (χ1) is 10.5. The lowest BCUT2D eigenvalue weighted by Gasteiger charge is -2.25. The van der Waals surface area contributed by atoms with Crippen LogP contribution >= 0.6 is 0 Å². The lowest BCUT2D eigenvalue weighted by molar-refractivity contribution is -0.385. The average Bonchev–Trinajstić information content (AvgIpc) is 2.76. The summed E-state index contributed by atoms with van der Waals surface area (Å²) < 4.78 is 5.03. The monoisotopic (exact) mass is 307 g/mol. The predicted octanol–water partition coefficient (Wildman–Crippen LogP) is 2.62. The molecule has 1 N–H and O–H groups in total. The van der Waals surface area contributed by atoms with Crippen LogP contribution in [0, 0.1) is 16.0 Å². The van der Waals surface area contributed by atoms with Gasteiger partial charge in [-0.15, -0.1) is 0 Å². The molecular weight excluding hydrogens is 286 g/mol. The molecule has 0 unspecified atom stereocenters. The van der Waals surface area contributed by atoms with Crippen molar-refractivity contribution in [2.75, 3.05) is 6.61 Å². The molecule has 0 amide bonds. The van der Waals surface area contributed by atoms with E-state index in [1.165, 1.54) is 6.07 Å². The van der Waals surface area contributed by atoms with E-state index in [4.69, 9.17) is 4.74 Å². The molecule has 0 bridgehead atoms. The average molecular weight is 307 g/mol. The van der Waals surface area contributed by atoms with Crippen molar-refractivity contribution in [1.82, 2.24) is 0 Å². The Kier molecular flexibility index (Phi) is 5.13. The van der Waals surface area contributed by atoms with E-state index in [1.54, 1.807) is 18.2 Å². The van der Waals surface area contributed by atoms with Crippen molar-refractivity contribution in [3.63, 3.8) is 0 Å². The number of nitrogens with zero attached hydrogens (tertiary/aromatic N) is 1. The molecule has 1 aromatic rings. The molecule has 120 valence electrons. The number of para-hydroxylation sites is 1. The van der Waals surface area contributed by atoms with Gasteiger partial charge in [0.2, 0.25) is 0 Å². The van der Waals surface area contributed by atoms with Crippen molar-refractivity contribution < 1.29 is 19.6 Å². The van der Waals surface area contributed by atoms with Crippen molar-refractivity contribution in [2.45, 2.75) is 44.6 Å². The van der Waals surface area contributed by atoms with Crippen molar-refractivity contribution in [2.24, 2.45) is 5.92 Å². The SMILES string of the molecule is CCCCC[C@@H]1COC(=O)[C@]1(O)Cc1ccccc1[N+](=O)[O-]. The number of nitro benzene ring substituents is 1. The topological polar surface area (TPSA) is 89.7 Å². The Labute approximate surface area is 129 Å². The van der Waals surface area contributed by atoms with Gasteiger partial charge >= 0.3 is 5.97 Å². The predicted molar refractivity (Wildman–Crippen MR) is 80.3 cm³/mol. The normalized spacial score (nSPS) is 24.3. The molecule has 22 heavy (non-hydrogen) atoms. The van der Waals surface area contributed by atoms with Crippen LogP contribution in [0.2, 0.25) is 0 Å². The number of cyclic esters (lactones) is 1. The third kappa shape index (κ3) is 3.27. The van der Waals surface area contributed by atoms with Crippen LogP contribution in [-0.2, 0) is 16.0 Å². The van der Waals surface area contributed by atoms with E-state index < -0.39 is 16.5 Å². The zero-order chi connectivity index (χ0) is 16.2. The third-order valence-electron chi connectivity index (χ3n) is 4.25. The Hall–Kier alpha value is -1.95. The number of benzene rings is 1. The number of esters is 1. The molecule has 0 radical (unpaired) electrons. The maximum Gasteiger partial charge on any atom is 0.338 e. The molecule has 2 atom stereocenters. The first-order valence-electron chi connectivity index (χ1n) is 7.61. The summed E-state index contributed by atoms with van der Waals surface area (Å²) in [4.78, 5) is 22.6. The Morgan fingerprint density at radius 1 is 1.41 bits per heavy atom. The van der Waals surface area contributed by atoms with Gasteiger partial charge in [0.1, 0.15) is 0 Å². The van der Waals surface area contributed by atoms with Crippen LogP contribution in [0.5, 0.6) is 0 Å². The summed E-state index contributed by atoms with van der Waals surface area (Å²) in [5, 5.41) is 21.9. The van der Waals surface area contributed by atoms with Gasteiger partial charge in [-0.2, -0.15) is 0 Å². The lowest BCUT2D eigenvalue weighted by atomic mass is 9.81. The number of hydrogen-bond donors (Lipinski definition) is 1. The Morgan fingerprint density at radius 2 is 2.14 bits per heavy atom. The fourth-order valence-corrected chi connectivity index (χ4v) is 2.91. The molecule has 1 aliphatic heterocycles. The van der Waals surface area contributed by atoms with Gasteiger partial charge in [-0.05, 0) is 6.42 Å². The number of carbonyl (C=O) groups is 1. The Bertz CT molecular complexity index is 559. The van der Waals surface area contributed by atoms with Crippen LogP contribution in [0.3, 0.4) is 0 Å². The summed E-state index contributed by atoms with van der Waals surface area (Å²) in [6.45, 7) is 2.26. The zero-order valence-electron chi connectivity index (χ0n) is 12.7. The van der Waals surface area contributed by atoms with Crippen LogP contribution in [0.15, 0.2) is 24.3 Å². The van der Waals surface area contributed by atoms with Crippen LogP contribution in [0.1, 0.15) is 38.2 Å². The van der Waals surface area contributed by atoms with E-state index >= 15 is 0 Å². The standard InChI is InChI=1S/C16H21NO5/c1-2-3-4-8-13-11-22-15(18)16(13,19)10-12-7-5-6-9-14(12)17(20)21/h5-7,9,13,19H,2-4,8,10-11H2,1H3/t13-,16+/m1/s1. The number of unbranched alkanes of at least 4 members (excludes halogenated alkanes) is 2. The fourth-order valence-electron chi connectivity index (χ4n) is 2.91. The second-order valence-electron chi connectivity index (χ2n) is 5.78. The molecule has 1 aliphatic rings. The summed E-state index contributed by atoms with van der Waals surface area (Å²) in [6.07, 6.45) is 3.56. The molecule has 0 spiro atoms. The Morgan fingerprint density at radius 3 is 2.82 bits per heavy atom. The summed E-state index contributed by atoms with van der Waals surface area (Å²) in [5.41, 5.74) is -1.39. The summed E-state index contributed by atoms with van der Waals surface area (Å²) in [7, 11) is 0. The van der Waals surface area contributed by atoms with Gasteiger partial charge in [0.05, 0.1) is 11.5 Å². The molecule has 1 heterocycles. The van der Waals surface area contributed by atoms with Crippen LogP contribution in [0.25, 0.3) is 0 Å². The second-order valence-corrected chi connectivity index (χ2v) is 5.78. The lowest BCUT2D eigenvalue weighted by Crippen LogP contribution is -2.43. The molecule has 0 aromatic heterocycles. The van der Waals surface area contributed by atoms with Gasteiger partial charge < -0.3 is 9.84 Å². The maximum absolute atomic E-state index is 12.0. The van der Waals surface area contributed by atoms with Crippen LogP contribution < -0.4 is 0 Å².